The van der Waals surface area contributed by atoms with E-state index in [1.54, 1.807) is 6.92 Å². The van der Waals surface area contributed by atoms with Crippen LogP contribution in [0.4, 0.5) is 5.82 Å². The first-order chi connectivity index (χ1) is 13.6. The number of unbranched alkanes of at least 4 members (excludes halogenated alkanes) is 1. The Bertz CT molecular complexity index is 957. The first-order valence-electron chi connectivity index (χ1n) is 9.53. The minimum atomic E-state index is 0.0113. The molecule has 28 heavy (non-hydrogen) atoms. The van der Waals surface area contributed by atoms with Gasteiger partial charge in [0.15, 0.2) is 5.96 Å². The molecule has 3 aromatic rings. The zero-order valence-corrected chi connectivity index (χ0v) is 16.2. The van der Waals surface area contributed by atoms with Crippen LogP contribution < -0.4 is 16.4 Å². The standard InChI is InChI=1S/C22H27N5O/c1-16(28)27(15-17-9-3-2-4-10-17)21-19(12-7-8-14-25-22(23)24)18-11-5-6-13-20(18)26-21/h2-6,9-11,13,26H,7-8,12,14-15H2,1H3,(H4,23,24,25). The minimum absolute atomic E-state index is 0.0113. The first-order valence-corrected chi connectivity index (χ1v) is 9.53. The second kappa shape index (κ2) is 9.08. The topological polar surface area (TPSA) is 100 Å². The highest BCUT2D eigenvalue weighted by atomic mass is 16.2. The number of anilines is 1. The Balaban J connectivity index is 1.89. The van der Waals surface area contributed by atoms with Crippen LogP contribution >= 0.6 is 0 Å². The fraction of sp³-hybridized carbons (Fsp3) is 0.273. The van der Waals surface area contributed by atoms with Crippen LogP contribution in [0.1, 0.15) is 30.9 Å². The average molecular weight is 377 g/mol. The van der Waals surface area contributed by atoms with Gasteiger partial charge in [-0.25, -0.2) is 0 Å². The second-order valence-electron chi connectivity index (χ2n) is 6.85. The van der Waals surface area contributed by atoms with Crippen molar-refractivity contribution in [3.8, 4) is 0 Å². The highest BCUT2D eigenvalue weighted by Crippen LogP contribution is 2.31. The van der Waals surface area contributed by atoms with Crippen LogP contribution in [0.5, 0.6) is 0 Å². The van der Waals surface area contributed by atoms with Gasteiger partial charge in [0.1, 0.15) is 5.82 Å². The van der Waals surface area contributed by atoms with Crippen molar-refractivity contribution in [2.75, 3.05) is 11.4 Å². The van der Waals surface area contributed by atoms with E-state index in [1.165, 1.54) is 0 Å². The Morgan fingerprint density at radius 1 is 1.04 bits per heavy atom. The van der Waals surface area contributed by atoms with Crippen LogP contribution in [0.25, 0.3) is 10.9 Å². The number of carbonyl (C=O) groups is 1. The number of H-pyrrole nitrogens is 1. The number of benzene rings is 2. The third-order valence-corrected chi connectivity index (χ3v) is 4.75. The molecule has 2 aromatic carbocycles. The van der Waals surface area contributed by atoms with Crippen LogP contribution in [0.2, 0.25) is 0 Å². The number of nitrogens with two attached hydrogens (primary N) is 2. The van der Waals surface area contributed by atoms with E-state index in [2.05, 4.69) is 16.0 Å². The molecule has 0 saturated heterocycles. The van der Waals surface area contributed by atoms with Gasteiger partial charge < -0.3 is 16.5 Å². The summed E-state index contributed by atoms with van der Waals surface area (Å²) < 4.78 is 0. The zero-order chi connectivity index (χ0) is 19.9. The molecule has 1 heterocycles. The smallest absolute Gasteiger partial charge is 0.225 e. The molecule has 1 aromatic heterocycles. The summed E-state index contributed by atoms with van der Waals surface area (Å²) in [6.07, 6.45) is 2.66. The summed E-state index contributed by atoms with van der Waals surface area (Å²) in [5.74, 6) is 1.01. The van der Waals surface area contributed by atoms with E-state index in [9.17, 15) is 4.79 Å². The summed E-state index contributed by atoms with van der Waals surface area (Å²) in [6, 6.07) is 18.2. The number of aromatic nitrogens is 1. The molecule has 1 amide bonds. The van der Waals surface area contributed by atoms with Gasteiger partial charge in [-0.05, 0) is 30.9 Å². The van der Waals surface area contributed by atoms with Gasteiger partial charge in [0.2, 0.25) is 5.91 Å². The molecule has 0 aliphatic heterocycles. The zero-order valence-electron chi connectivity index (χ0n) is 16.2. The number of hydrogen-bond donors (Lipinski definition) is 3. The predicted octanol–water partition coefficient (Wildman–Crippen LogP) is 3.32. The van der Waals surface area contributed by atoms with E-state index in [0.717, 1.165) is 47.1 Å². The van der Waals surface area contributed by atoms with Gasteiger partial charge in [-0.15, -0.1) is 0 Å². The van der Waals surface area contributed by atoms with Crippen molar-refractivity contribution in [3.05, 3.63) is 65.7 Å². The van der Waals surface area contributed by atoms with Crippen molar-refractivity contribution in [1.29, 1.82) is 0 Å². The van der Waals surface area contributed by atoms with Crippen LogP contribution in [0, 0.1) is 0 Å². The molecular formula is C22H27N5O. The van der Waals surface area contributed by atoms with Gasteiger partial charge in [-0.1, -0.05) is 48.5 Å². The van der Waals surface area contributed by atoms with E-state index >= 15 is 0 Å². The third-order valence-electron chi connectivity index (χ3n) is 4.75. The summed E-state index contributed by atoms with van der Waals surface area (Å²) in [6.45, 7) is 2.75. The minimum Gasteiger partial charge on any atom is -0.370 e. The van der Waals surface area contributed by atoms with Crippen molar-refractivity contribution < 1.29 is 4.79 Å². The summed E-state index contributed by atoms with van der Waals surface area (Å²) in [5, 5.41) is 1.15. The highest BCUT2D eigenvalue weighted by molar-refractivity contribution is 5.97. The molecule has 146 valence electrons. The molecule has 0 fully saturated rings. The molecule has 5 N–H and O–H groups in total. The summed E-state index contributed by atoms with van der Waals surface area (Å²) in [5.41, 5.74) is 14.1. The normalized spacial score (nSPS) is 10.8. The van der Waals surface area contributed by atoms with E-state index < -0.39 is 0 Å². The average Bonchev–Trinajstić information content (AvgIpc) is 3.04. The van der Waals surface area contributed by atoms with Gasteiger partial charge in [0, 0.05) is 29.9 Å². The molecule has 0 spiro atoms. The fourth-order valence-electron chi connectivity index (χ4n) is 3.40. The van der Waals surface area contributed by atoms with Crippen LogP contribution in [-0.2, 0) is 17.8 Å². The largest absolute Gasteiger partial charge is 0.370 e. The monoisotopic (exact) mass is 377 g/mol. The number of aromatic amines is 1. The molecule has 0 bridgehead atoms. The maximum Gasteiger partial charge on any atom is 0.225 e. The Labute approximate surface area is 165 Å². The lowest BCUT2D eigenvalue weighted by molar-refractivity contribution is -0.116. The Morgan fingerprint density at radius 2 is 1.75 bits per heavy atom. The number of nitrogens with one attached hydrogen (secondary N) is 1. The lowest BCUT2D eigenvalue weighted by Crippen LogP contribution is -2.29. The second-order valence-corrected chi connectivity index (χ2v) is 6.85. The molecule has 0 unspecified atom stereocenters. The van der Waals surface area contributed by atoms with Gasteiger partial charge in [-0.3, -0.25) is 14.7 Å². The van der Waals surface area contributed by atoms with Crippen molar-refractivity contribution in [2.45, 2.75) is 32.7 Å². The molecule has 3 rings (SSSR count). The number of hydrogen-bond acceptors (Lipinski definition) is 2. The van der Waals surface area contributed by atoms with Crippen molar-refractivity contribution in [1.82, 2.24) is 4.98 Å². The SMILES string of the molecule is CC(=O)N(Cc1ccccc1)c1[nH]c2ccccc2c1CCCCN=C(N)N. The molecule has 0 saturated carbocycles. The van der Waals surface area contributed by atoms with Gasteiger partial charge in [-0.2, -0.15) is 0 Å². The number of fused-ring (bicyclic) bond motifs is 1. The lowest BCUT2D eigenvalue weighted by Gasteiger charge is -2.22. The molecule has 0 radical (unpaired) electrons. The number of amides is 1. The molecule has 0 aliphatic carbocycles. The molecule has 6 nitrogen and oxygen atoms in total. The fourth-order valence-corrected chi connectivity index (χ4v) is 3.40. The first kappa shape index (κ1) is 19.5. The summed E-state index contributed by atoms with van der Waals surface area (Å²) in [7, 11) is 0. The lowest BCUT2D eigenvalue weighted by atomic mass is 10.1. The summed E-state index contributed by atoms with van der Waals surface area (Å²) in [4.78, 5) is 21.8. The number of nitrogens with zero attached hydrogens (tertiary/aromatic N) is 2. The van der Waals surface area contributed by atoms with E-state index in [1.807, 2.05) is 53.4 Å². The van der Waals surface area contributed by atoms with Crippen molar-refractivity contribution in [2.24, 2.45) is 16.5 Å². The van der Waals surface area contributed by atoms with Crippen molar-refractivity contribution >= 4 is 28.6 Å². The molecular weight excluding hydrogens is 350 g/mol. The molecule has 6 heteroatoms. The number of carbonyl (C=O) groups excluding carboxylic acids is 1. The quantitative estimate of drug-likeness (QED) is 0.319. The predicted molar refractivity (Wildman–Crippen MR) is 115 cm³/mol. The van der Waals surface area contributed by atoms with E-state index in [-0.39, 0.29) is 11.9 Å². The highest BCUT2D eigenvalue weighted by Gasteiger charge is 2.20. The Morgan fingerprint density at radius 3 is 2.46 bits per heavy atom. The maximum absolute atomic E-state index is 12.5. The van der Waals surface area contributed by atoms with Crippen molar-refractivity contribution in [3.63, 3.8) is 0 Å². The van der Waals surface area contributed by atoms with E-state index in [4.69, 9.17) is 11.5 Å². The number of guanidine groups is 1. The Kier molecular flexibility index (Phi) is 6.32. The van der Waals surface area contributed by atoms with Gasteiger partial charge in [0.05, 0.1) is 6.54 Å². The van der Waals surface area contributed by atoms with Crippen LogP contribution in [0.15, 0.2) is 59.6 Å². The van der Waals surface area contributed by atoms with Crippen LogP contribution in [-0.4, -0.2) is 23.4 Å². The van der Waals surface area contributed by atoms with Gasteiger partial charge in [0.25, 0.3) is 0 Å². The third kappa shape index (κ3) is 4.71. The van der Waals surface area contributed by atoms with E-state index in [0.29, 0.717) is 13.1 Å². The summed E-state index contributed by atoms with van der Waals surface area (Å²) >= 11 is 0. The maximum atomic E-state index is 12.5. The number of aliphatic imine (C=N–C) groups is 1. The molecule has 0 aliphatic rings. The molecule has 0 atom stereocenters. The number of aryl methyl sites for hydroxylation is 1. The number of rotatable bonds is 8. The van der Waals surface area contributed by atoms with Gasteiger partial charge >= 0.3 is 0 Å². The number of para-hydroxylation sites is 1. The van der Waals surface area contributed by atoms with Crippen LogP contribution in [0.3, 0.4) is 0 Å². The Hall–Kier alpha value is -3.28.